The summed E-state index contributed by atoms with van der Waals surface area (Å²) in [6.45, 7) is 3.50. The van der Waals surface area contributed by atoms with Crippen molar-refractivity contribution < 1.29 is 4.74 Å². The lowest BCUT2D eigenvalue weighted by molar-refractivity contribution is 0.118. The summed E-state index contributed by atoms with van der Waals surface area (Å²) in [5.41, 5.74) is 7.26. The highest BCUT2D eigenvalue weighted by Crippen LogP contribution is 2.19. The molecule has 1 rings (SSSR count). The van der Waals surface area contributed by atoms with E-state index in [9.17, 15) is 0 Å². The zero-order valence-corrected chi connectivity index (χ0v) is 9.18. The van der Waals surface area contributed by atoms with Crippen LogP contribution >= 0.6 is 11.6 Å². The van der Waals surface area contributed by atoms with Crippen LogP contribution in [0.3, 0.4) is 0 Å². The van der Waals surface area contributed by atoms with Crippen molar-refractivity contribution in [3.05, 3.63) is 28.8 Å². The zero-order valence-electron chi connectivity index (χ0n) is 8.42. The summed E-state index contributed by atoms with van der Waals surface area (Å²) >= 11 is 5.98. The maximum absolute atomic E-state index is 5.98. The molecule has 0 aromatic heterocycles. The Bertz CT molecular complexity index is 289. The van der Waals surface area contributed by atoms with Gasteiger partial charge in [-0.2, -0.15) is 0 Å². The molecule has 0 radical (unpaired) electrons. The van der Waals surface area contributed by atoms with Crippen molar-refractivity contribution >= 4 is 17.3 Å². The molecule has 0 aliphatic carbocycles. The lowest BCUT2D eigenvalue weighted by Gasteiger charge is -2.06. The first-order chi connectivity index (χ1) is 6.74. The van der Waals surface area contributed by atoms with Gasteiger partial charge in [0, 0.05) is 17.3 Å². The number of nitrogen functional groups attached to an aromatic ring is 1. The molecule has 0 amide bonds. The lowest BCUT2D eigenvalue weighted by atomic mass is 10.2. The van der Waals surface area contributed by atoms with E-state index < -0.39 is 0 Å². The van der Waals surface area contributed by atoms with Gasteiger partial charge in [0.25, 0.3) is 0 Å². The van der Waals surface area contributed by atoms with Crippen molar-refractivity contribution in [2.75, 3.05) is 12.3 Å². The summed E-state index contributed by atoms with van der Waals surface area (Å²) < 4.78 is 5.46. The van der Waals surface area contributed by atoms with Crippen LogP contribution in [0.4, 0.5) is 5.69 Å². The minimum Gasteiger partial charge on any atom is -0.399 e. The van der Waals surface area contributed by atoms with E-state index in [2.05, 4.69) is 6.92 Å². The molecule has 78 valence electrons. The third kappa shape index (κ3) is 3.56. The molecule has 0 atom stereocenters. The van der Waals surface area contributed by atoms with Gasteiger partial charge >= 0.3 is 0 Å². The Morgan fingerprint density at radius 1 is 1.43 bits per heavy atom. The third-order valence-electron chi connectivity index (χ3n) is 1.98. The van der Waals surface area contributed by atoms with Crippen molar-refractivity contribution in [3.63, 3.8) is 0 Å². The molecule has 3 heteroatoms. The number of halogens is 1. The monoisotopic (exact) mass is 213 g/mol. The second kappa shape index (κ2) is 5.89. The standard InChI is InChI=1S/C11H16ClNO/c1-2-3-6-14-8-9-4-5-10(13)7-11(9)12/h4-5,7H,2-3,6,8,13H2,1H3. The first-order valence-electron chi connectivity index (χ1n) is 4.85. The number of benzene rings is 1. The van der Waals surface area contributed by atoms with Crippen LogP contribution in [0.15, 0.2) is 18.2 Å². The van der Waals surface area contributed by atoms with Gasteiger partial charge in [0.2, 0.25) is 0 Å². The molecule has 0 aliphatic rings. The molecule has 0 heterocycles. The lowest BCUT2D eigenvalue weighted by Crippen LogP contribution is -1.96. The molecule has 0 bridgehead atoms. The van der Waals surface area contributed by atoms with Gasteiger partial charge in [-0.3, -0.25) is 0 Å². The van der Waals surface area contributed by atoms with Crippen LogP contribution in [-0.4, -0.2) is 6.61 Å². The quantitative estimate of drug-likeness (QED) is 0.602. The van der Waals surface area contributed by atoms with Gasteiger partial charge in [-0.1, -0.05) is 31.0 Å². The van der Waals surface area contributed by atoms with Gasteiger partial charge in [0.1, 0.15) is 0 Å². The molecule has 14 heavy (non-hydrogen) atoms. The van der Waals surface area contributed by atoms with Crippen molar-refractivity contribution in [2.24, 2.45) is 0 Å². The van der Waals surface area contributed by atoms with Gasteiger partial charge in [-0.25, -0.2) is 0 Å². The predicted octanol–water partition coefficient (Wildman–Crippen LogP) is 3.24. The maximum Gasteiger partial charge on any atom is 0.0731 e. The van der Waals surface area contributed by atoms with Gasteiger partial charge in [0.15, 0.2) is 0 Å². The molecule has 0 unspecified atom stereocenters. The second-order valence-corrected chi connectivity index (χ2v) is 3.66. The van der Waals surface area contributed by atoms with Crippen LogP contribution in [0.2, 0.25) is 5.02 Å². The first-order valence-corrected chi connectivity index (χ1v) is 5.23. The van der Waals surface area contributed by atoms with E-state index in [0.29, 0.717) is 17.3 Å². The number of nitrogens with two attached hydrogens (primary N) is 1. The molecule has 0 saturated carbocycles. The number of rotatable bonds is 5. The third-order valence-corrected chi connectivity index (χ3v) is 2.33. The summed E-state index contributed by atoms with van der Waals surface area (Å²) in [7, 11) is 0. The Labute approximate surface area is 90.0 Å². The Morgan fingerprint density at radius 2 is 2.21 bits per heavy atom. The van der Waals surface area contributed by atoms with E-state index in [0.717, 1.165) is 25.0 Å². The summed E-state index contributed by atoms with van der Waals surface area (Å²) in [6, 6.07) is 5.49. The summed E-state index contributed by atoms with van der Waals surface area (Å²) in [6.07, 6.45) is 2.24. The highest BCUT2D eigenvalue weighted by molar-refractivity contribution is 6.31. The molecular weight excluding hydrogens is 198 g/mol. The minimum absolute atomic E-state index is 0.569. The van der Waals surface area contributed by atoms with Crippen LogP contribution in [0, 0.1) is 0 Å². The Hall–Kier alpha value is -0.730. The molecular formula is C11H16ClNO. The number of ether oxygens (including phenoxy) is 1. The summed E-state index contributed by atoms with van der Waals surface area (Å²) in [4.78, 5) is 0. The largest absolute Gasteiger partial charge is 0.399 e. The van der Waals surface area contributed by atoms with E-state index in [1.807, 2.05) is 12.1 Å². The molecule has 0 fully saturated rings. The van der Waals surface area contributed by atoms with Crippen LogP contribution in [0.5, 0.6) is 0 Å². The van der Waals surface area contributed by atoms with Crippen molar-refractivity contribution in [2.45, 2.75) is 26.4 Å². The molecule has 1 aromatic carbocycles. The van der Waals surface area contributed by atoms with Gasteiger partial charge < -0.3 is 10.5 Å². The van der Waals surface area contributed by atoms with Crippen LogP contribution in [-0.2, 0) is 11.3 Å². The number of unbranched alkanes of at least 4 members (excludes halogenated alkanes) is 1. The van der Waals surface area contributed by atoms with Gasteiger partial charge in [-0.05, 0) is 24.1 Å². The Morgan fingerprint density at radius 3 is 2.86 bits per heavy atom. The summed E-state index contributed by atoms with van der Waals surface area (Å²) in [5.74, 6) is 0. The van der Waals surface area contributed by atoms with Crippen LogP contribution in [0.25, 0.3) is 0 Å². The van der Waals surface area contributed by atoms with Gasteiger partial charge in [-0.15, -0.1) is 0 Å². The smallest absolute Gasteiger partial charge is 0.0731 e. The Kier molecular flexibility index (Phi) is 4.77. The highest BCUT2D eigenvalue weighted by Gasteiger charge is 2.00. The number of hydrogen-bond donors (Lipinski definition) is 1. The topological polar surface area (TPSA) is 35.2 Å². The van der Waals surface area contributed by atoms with Crippen molar-refractivity contribution in [1.82, 2.24) is 0 Å². The minimum atomic E-state index is 0.569. The number of hydrogen-bond acceptors (Lipinski definition) is 2. The summed E-state index contributed by atoms with van der Waals surface area (Å²) in [5, 5.41) is 0.682. The van der Waals surface area contributed by atoms with E-state index in [1.54, 1.807) is 6.07 Å². The SMILES string of the molecule is CCCCOCc1ccc(N)cc1Cl. The van der Waals surface area contributed by atoms with E-state index in [4.69, 9.17) is 22.1 Å². The maximum atomic E-state index is 5.98. The van der Waals surface area contributed by atoms with Crippen LogP contribution in [0.1, 0.15) is 25.3 Å². The molecule has 0 spiro atoms. The molecule has 1 aromatic rings. The molecule has 0 aliphatic heterocycles. The molecule has 2 N–H and O–H groups in total. The van der Waals surface area contributed by atoms with Crippen LogP contribution < -0.4 is 5.73 Å². The normalized spacial score (nSPS) is 10.4. The van der Waals surface area contributed by atoms with Gasteiger partial charge in [0.05, 0.1) is 6.61 Å². The van der Waals surface area contributed by atoms with E-state index in [-0.39, 0.29) is 0 Å². The fraction of sp³-hybridized carbons (Fsp3) is 0.455. The highest BCUT2D eigenvalue weighted by atomic mass is 35.5. The fourth-order valence-electron chi connectivity index (χ4n) is 1.11. The zero-order chi connectivity index (χ0) is 10.4. The Balaban J connectivity index is 2.42. The van der Waals surface area contributed by atoms with E-state index in [1.165, 1.54) is 0 Å². The first kappa shape index (κ1) is 11.3. The average Bonchev–Trinajstić information content (AvgIpc) is 2.15. The van der Waals surface area contributed by atoms with Crippen molar-refractivity contribution in [1.29, 1.82) is 0 Å². The molecule has 0 saturated heterocycles. The van der Waals surface area contributed by atoms with E-state index >= 15 is 0 Å². The predicted molar refractivity (Wildman–Crippen MR) is 60.4 cm³/mol. The molecule has 2 nitrogen and oxygen atoms in total. The second-order valence-electron chi connectivity index (χ2n) is 3.26. The average molecular weight is 214 g/mol. The fourth-order valence-corrected chi connectivity index (χ4v) is 1.35. The van der Waals surface area contributed by atoms with Crippen molar-refractivity contribution in [3.8, 4) is 0 Å². The number of anilines is 1.